The van der Waals surface area contributed by atoms with Crippen molar-refractivity contribution in [1.82, 2.24) is 0 Å². The summed E-state index contributed by atoms with van der Waals surface area (Å²) in [5.74, 6) is -0.495. The molecule has 16 heavy (non-hydrogen) atoms. The first kappa shape index (κ1) is 11.5. The summed E-state index contributed by atoms with van der Waals surface area (Å²) in [5, 5.41) is 0.654. The van der Waals surface area contributed by atoms with Gasteiger partial charge < -0.3 is 20.1 Å². The van der Waals surface area contributed by atoms with Crippen molar-refractivity contribution in [3.63, 3.8) is 0 Å². The first-order chi connectivity index (χ1) is 7.60. The Labute approximate surface area is 99.9 Å². The summed E-state index contributed by atoms with van der Waals surface area (Å²) in [7, 11) is 3.29. The molecule has 1 aliphatic heterocycles. The van der Waals surface area contributed by atoms with Gasteiger partial charge in [0.25, 0.3) is 0 Å². The minimum atomic E-state index is -0.495. The number of benzene rings is 1. The van der Waals surface area contributed by atoms with E-state index in [1.165, 1.54) is 0 Å². The molecular formula is C11H15ClN2O2. The maximum atomic E-state index is 6.11. The molecule has 1 aliphatic rings. The summed E-state index contributed by atoms with van der Waals surface area (Å²) in [4.78, 5) is 2.09. The summed E-state index contributed by atoms with van der Waals surface area (Å²) in [5.41, 5.74) is 7.27. The maximum Gasteiger partial charge on any atom is 0.203 e. The molecule has 1 fully saturated rings. The number of anilines is 2. The van der Waals surface area contributed by atoms with E-state index in [0.717, 1.165) is 5.69 Å². The molecule has 0 bridgehead atoms. The normalized spacial score (nSPS) is 18.3. The average Bonchev–Trinajstić information content (AvgIpc) is 2.20. The molecule has 2 N–H and O–H groups in total. The van der Waals surface area contributed by atoms with E-state index in [9.17, 15) is 0 Å². The third kappa shape index (κ3) is 1.84. The quantitative estimate of drug-likeness (QED) is 0.648. The first-order valence-electron chi connectivity index (χ1n) is 5.00. The number of hydrogen-bond acceptors (Lipinski definition) is 4. The Balaban J connectivity index is 2.12. The van der Waals surface area contributed by atoms with Gasteiger partial charge in [-0.3, -0.25) is 0 Å². The maximum absolute atomic E-state index is 6.11. The van der Waals surface area contributed by atoms with Crippen molar-refractivity contribution in [2.24, 2.45) is 0 Å². The molecule has 0 atom stereocenters. The molecular weight excluding hydrogens is 228 g/mol. The van der Waals surface area contributed by atoms with Crippen molar-refractivity contribution in [3.8, 4) is 0 Å². The molecule has 0 saturated carbocycles. The molecule has 0 aliphatic carbocycles. The van der Waals surface area contributed by atoms with Gasteiger partial charge in [-0.05, 0) is 18.2 Å². The van der Waals surface area contributed by atoms with Crippen LogP contribution in [0.5, 0.6) is 0 Å². The van der Waals surface area contributed by atoms with E-state index in [2.05, 4.69) is 4.90 Å². The van der Waals surface area contributed by atoms with Gasteiger partial charge in [-0.2, -0.15) is 0 Å². The molecule has 0 unspecified atom stereocenters. The molecule has 1 aromatic carbocycles. The number of halogens is 1. The highest BCUT2D eigenvalue weighted by molar-refractivity contribution is 6.33. The van der Waals surface area contributed by atoms with Gasteiger partial charge in [-0.1, -0.05) is 11.6 Å². The average molecular weight is 243 g/mol. The number of hydrogen-bond donors (Lipinski definition) is 1. The van der Waals surface area contributed by atoms with Crippen molar-refractivity contribution < 1.29 is 9.47 Å². The third-order valence-corrected chi connectivity index (χ3v) is 3.22. The number of nitrogen functional groups attached to an aromatic ring is 1. The molecule has 5 heteroatoms. The van der Waals surface area contributed by atoms with E-state index < -0.39 is 5.79 Å². The number of rotatable bonds is 3. The Hall–Kier alpha value is -0.970. The van der Waals surface area contributed by atoms with Crippen LogP contribution in [0.2, 0.25) is 5.02 Å². The molecule has 0 spiro atoms. The van der Waals surface area contributed by atoms with Gasteiger partial charge in [0.2, 0.25) is 5.79 Å². The minimum absolute atomic E-state index is 0.495. The standard InChI is InChI=1S/C11H15ClN2O2/c1-15-11(16-2)6-14(7-11)10-4-3-8(13)5-9(10)12/h3-5H,6-7,13H2,1-2H3. The van der Waals surface area contributed by atoms with Crippen molar-refractivity contribution in [2.75, 3.05) is 37.9 Å². The van der Waals surface area contributed by atoms with E-state index in [1.54, 1.807) is 20.3 Å². The highest BCUT2D eigenvalue weighted by Crippen LogP contribution is 2.35. The second kappa shape index (κ2) is 4.13. The van der Waals surface area contributed by atoms with Crippen molar-refractivity contribution in [1.29, 1.82) is 0 Å². The van der Waals surface area contributed by atoms with Crippen LogP contribution >= 0.6 is 11.6 Å². The fourth-order valence-electron chi connectivity index (χ4n) is 1.83. The molecule has 1 heterocycles. The van der Waals surface area contributed by atoms with Crippen LogP contribution in [0.15, 0.2) is 18.2 Å². The van der Waals surface area contributed by atoms with Gasteiger partial charge in [0.15, 0.2) is 0 Å². The summed E-state index contributed by atoms with van der Waals surface area (Å²) in [6.45, 7) is 1.34. The van der Waals surface area contributed by atoms with Gasteiger partial charge in [-0.25, -0.2) is 0 Å². The Bertz CT molecular complexity index is 386. The zero-order chi connectivity index (χ0) is 11.8. The predicted octanol–water partition coefficient (Wildman–Crippen LogP) is 1.73. The van der Waals surface area contributed by atoms with Gasteiger partial charge in [0.1, 0.15) is 0 Å². The van der Waals surface area contributed by atoms with Crippen molar-refractivity contribution >= 4 is 23.0 Å². The van der Waals surface area contributed by atoms with Crippen LogP contribution in [0.3, 0.4) is 0 Å². The number of ether oxygens (including phenoxy) is 2. The van der Waals surface area contributed by atoms with Crippen LogP contribution in [0.25, 0.3) is 0 Å². The fraction of sp³-hybridized carbons (Fsp3) is 0.455. The first-order valence-corrected chi connectivity index (χ1v) is 5.38. The second-order valence-electron chi connectivity index (χ2n) is 3.89. The molecule has 0 aromatic heterocycles. The number of nitrogens with zero attached hydrogens (tertiary/aromatic N) is 1. The smallest absolute Gasteiger partial charge is 0.203 e. The van der Waals surface area contributed by atoms with Crippen LogP contribution < -0.4 is 10.6 Å². The van der Waals surface area contributed by atoms with Gasteiger partial charge in [0.05, 0.1) is 23.8 Å². The second-order valence-corrected chi connectivity index (χ2v) is 4.29. The molecule has 0 amide bonds. The minimum Gasteiger partial charge on any atom is -0.399 e. The molecule has 4 nitrogen and oxygen atoms in total. The van der Waals surface area contributed by atoms with E-state index in [4.69, 9.17) is 26.8 Å². The molecule has 0 radical (unpaired) electrons. The van der Waals surface area contributed by atoms with E-state index in [-0.39, 0.29) is 0 Å². The number of methoxy groups -OCH3 is 2. The van der Waals surface area contributed by atoms with Crippen molar-refractivity contribution in [3.05, 3.63) is 23.2 Å². The monoisotopic (exact) mass is 242 g/mol. The molecule has 2 rings (SSSR count). The summed E-state index contributed by atoms with van der Waals surface area (Å²) in [6, 6.07) is 5.49. The highest BCUT2D eigenvalue weighted by atomic mass is 35.5. The molecule has 1 saturated heterocycles. The Morgan fingerprint density at radius 3 is 2.44 bits per heavy atom. The summed E-state index contributed by atoms with van der Waals surface area (Å²) < 4.78 is 10.6. The van der Waals surface area contributed by atoms with Crippen LogP contribution in [-0.2, 0) is 9.47 Å². The lowest BCUT2D eigenvalue weighted by Crippen LogP contribution is -2.64. The zero-order valence-corrected chi connectivity index (χ0v) is 10.1. The van der Waals surface area contributed by atoms with Crippen molar-refractivity contribution in [2.45, 2.75) is 5.79 Å². The SMILES string of the molecule is COC1(OC)CN(c2ccc(N)cc2Cl)C1. The fourth-order valence-corrected chi connectivity index (χ4v) is 2.14. The lowest BCUT2D eigenvalue weighted by molar-refractivity contribution is -0.219. The van der Waals surface area contributed by atoms with Crippen LogP contribution in [0, 0.1) is 0 Å². The van der Waals surface area contributed by atoms with Crippen LogP contribution in [0.4, 0.5) is 11.4 Å². The van der Waals surface area contributed by atoms with Gasteiger partial charge >= 0.3 is 0 Å². The molecule has 1 aromatic rings. The highest BCUT2D eigenvalue weighted by Gasteiger charge is 2.44. The predicted molar refractivity (Wildman–Crippen MR) is 64.8 cm³/mol. The van der Waals surface area contributed by atoms with Gasteiger partial charge in [0, 0.05) is 19.9 Å². The van der Waals surface area contributed by atoms with Crippen LogP contribution in [0.1, 0.15) is 0 Å². The number of nitrogens with two attached hydrogens (primary N) is 1. The van der Waals surface area contributed by atoms with E-state index in [0.29, 0.717) is 23.8 Å². The third-order valence-electron chi connectivity index (χ3n) is 2.92. The largest absolute Gasteiger partial charge is 0.399 e. The van der Waals surface area contributed by atoms with Gasteiger partial charge in [-0.15, -0.1) is 0 Å². The lowest BCUT2D eigenvalue weighted by Gasteiger charge is -2.48. The summed E-state index contributed by atoms with van der Waals surface area (Å²) >= 11 is 6.11. The van der Waals surface area contributed by atoms with Crippen LogP contribution in [-0.4, -0.2) is 33.1 Å². The Morgan fingerprint density at radius 1 is 1.31 bits per heavy atom. The summed E-state index contributed by atoms with van der Waals surface area (Å²) in [6.07, 6.45) is 0. The Morgan fingerprint density at radius 2 is 1.94 bits per heavy atom. The zero-order valence-electron chi connectivity index (χ0n) is 9.37. The Kier molecular flexibility index (Phi) is 2.97. The van der Waals surface area contributed by atoms with E-state index in [1.807, 2.05) is 12.1 Å². The van der Waals surface area contributed by atoms with E-state index >= 15 is 0 Å². The molecule has 88 valence electrons. The topological polar surface area (TPSA) is 47.7 Å². The lowest BCUT2D eigenvalue weighted by atomic mass is 10.1.